The first-order chi connectivity index (χ1) is 20.3. The normalized spacial score (nSPS) is 15.0. The lowest BCUT2D eigenvalue weighted by Crippen LogP contribution is -2.15. The number of hydrogen-bond donors (Lipinski definition) is 0. The third-order valence-electron chi connectivity index (χ3n) is 9.77. The highest BCUT2D eigenvalue weighted by Crippen LogP contribution is 2.52. The molecular formula is C41H33N. The Morgan fingerprint density at radius 3 is 1.43 bits per heavy atom. The molecule has 1 heteroatoms. The van der Waals surface area contributed by atoms with Crippen LogP contribution in [0.1, 0.15) is 49.9 Å². The zero-order valence-corrected chi connectivity index (χ0v) is 24.6. The van der Waals surface area contributed by atoms with E-state index in [1.54, 1.807) is 0 Å². The Balaban J connectivity index is 1.20. The third-order valence-corrected chi connectivity index (χ3v) is 9.77. The van der Waals surface area contributed by atoms with Crippen molar-refractivity contribution < 1.29 is 0 Å². The minimum absolute atomic E-state index is 0.00384. The first kappa shape index (κ1) is 25.0. The predicted molar refractivity (Wildman–Crippen MR) is 176 cm³/mol. The van der Waals surface area contributed by atoms with Crippen molar-refractivity contribution in [3.8, 4) is 55.8 Å². The van der Waals surface area contributed by atoms with Crippen molar-refractivity contribution >= 4 is 0 Å². The van der Waals surface area contributed by atoms with Crippen LogP contribution < -0.4 is 0 Å². The summed E-state index contributed by atoms with van der Waals surface area (Å²) in [5.41, 5.74) is 18.1. The first-order valence-corrected chi connectivity index (χ1v) is 14.9. The van der Waals surface area contributed by atoms with E-state index in [4.69, 9.17) is 0 Å². The molecule has 0 N–H and O–H groups in total. The highest BCUT2D eigenvalue weighted by molar-refractivity contribution is 5.89. The van der Waals surface area contributed by atoms with Gasteiger partial charge in [0.1, 0.15) is 0 Å². The minimum Gasteiger partial charge on any atom is -0.256 e. The maximum absolute atomic E-state index is 4.65. The summed E-state index contributed by atoms with van der Waals surface area (Å²) < 4.78 is 0. The Kier molecular flexibility index (Phi) is 5.28. The standard InChI is InChI=1S/C41H33N/c1-40(2)35-14-8-7-12-30(35)31-19-16-26(23-36(31)40)27-17-20-32-33-21-18-28(25-38(33)41(3,4)37(32)24-27)29-11-5-6-13-34(29)39-15-9-10-22-42-39/h5-25H,1-4H3. The van der Waals surface area contributed by atoms with Crippen LogP contribution in [0.4, 0.5) is 0 Å². The highest BCUT2D eigenvalue weighted by Gasteiger charge is 2.37. The lowest BCUT2D eigenvalue weighted by atomic mass is 9.80. The molecule has 8 rings (SSSR count). The lowest BCUT2D eigenvalue weighted by Gasteiger charge is -2.23. The van der Waals surface area contributed by atoms with Gasteiger partial charge in [-0.2, -0.15) is 0 Å². The van der Waals surface area contributed by atoms with Gasteiger partial charge in [-0.25, -0.2) is 0 Å². The second-order valence-electron chi connectivity index (χ2n) is 12.8. The molecule has 0 spiro atoms. The molecule has 6 aromatic rings. The van der Waals surface area contributed by atoms with Crippen LogP contribution in [0.25, 0.3) is 55.8 Å². The SMILES string of the molecule is CC1(C)c2ccccc2-c2ccc(-c3ccc4c(c3)C(C)(C)c3cc(-c5ccccc5-c5ccccn5)ccc3-4)cc21. The van der Waals surface area contributed by atoms with Gasteiger partial charge in [0.25, 0.3) is 0 Å². The van der Waals surface area contributed by atoms with Gasteiger partial charge in [-0.15, -0.1) is 0 Å². The summed E-state index contributed by atoms with van der Waals surface area (Å²) in [6, 6.07) is 44.8. The van der Waals surface area contributed by atoms with Gasteiger partial charge in [0.2, 0.25) is 0 Å². The molecule has 0 saturated heterocycles. The van der Waals surface area contributed by atoms with Crippen molar-refractivity contribution in [2.24, 2.45) is 0 Å². The quantitative estimate of drug-likeness (QED) is 0.218. The summed E-state index contributed by atoms with van der Waals surface area (Å²) in [7, 11) is 0. The molecule has 1 nitrogen and oxygen atoms in total. The molecule has 2 aliphatic carbocycles. The Bertz CT molecular complexity index is 2030. The van der Waals surface area contributed by atoms with Crippen LogP contribution >= 0.6 is 0 Å². The van der Waals surface area contributed by atoms with Crippen molar-refractivity contribution in [3.05, 3.63) is 150 Å². The zero-order valence-electron chi connectivity index (χ0n) is 24.6. The predicted octanol–water partition coefficient (Wildman–Crippen LogP) is 10.7. The van der Waals surface area contributed by atoms with Crippen molar-refractivity contribution in [2.75, 3.05) is 0 Å². The number of rotatable bonds is 3. The molecular weight excluding hydrogens is 506 g/mol. The van der Waals surface area contributed by atoms with Crippen LogP contribution in [-0.2, 0) is 10.8 Å². The molecule has 42 heavy (non-hydrogen) atoms. The molecule has 5 aromatic carbocycles. The van der Waals surface area contributed by atoms with E-state index < -0.39 is 0 Å². The summed E-state index contributed by atoms with van der Waals surface area (Å²) in [6.07, 6.45) is 1.87. The number of hydrogen-bond acceptors (Lipinski definition) is 1. The van der Waals surface area contributed by atoms with Gasteiger partial charge < -0.3 is 0 Å². The van der Waals surface area contributed by atoms with Gasteiger partial charge in [0.05, 0.1) is 5.69 Å². The molecule has 0 amide bonds. The van der Waals surface area contributed by atoms with E-state index in [1.165, 1.54) is 66.8 Å². The van der Waals surface area contributed by atoms with E-state index in [1.807, 2.05) is 12.3 Å². The monoisotopic (exact) mass is 539 g/mol. The van der Waals surface area contributed by atoms with Crippen molar-refractivity contribution in [1.29, 1.82) is 0 Å². The summed E-state index contributed by atoms with van der Waals surface area (Å²) in [4.78, 5) is 4.65. The van der Waals surface area contributed by atoms with E-state index in [2.05, 4.69) is 148 Å². The molecule has 0 unspecified atom stereocenters. The Hall–Kier alpha value is -4.75. The van der Waals surface area contributed by atoms with Crippen LogP contribution in [0.3, 0.4) is 0 Å². The fourth-order valence-corrected chi connectivity index (χ4v) is 7.45. The smallest absolute Gasteiger partial charge is 0.0708 e. The summed E-state index contributed by atoms with van der Waals surface area (Å²) in [5, 5.41) is 0. The second-order valence-corrected chi connectivity index (χ2v) is 12.8. The van der Waals surface area contributed by atoms with Gasteiger partial charge in [0, 0.05) is 22.6 Å². The maximum Gasteiger partial charge on any atom is 0.0708 e. The fraction of sp³-hybridized carbons (Fsp3) is 0.146. The third kappa shape index (κ3) is 3.53. The van der Waals surface area contributed by atoms with Crippen LogP contribution in [0.5, 0.6) is 0 Å². The average Bonchev–Trinajstić information content (AvgIpc) is 3.40. The van der Waals surface area contributed by atoms with Crippen molar-refractivity contribution in [1.82, 2.24) is 4.98 Å². The Morgan fingerprint density at radius 2 is 0.833 bits per heavy atom. The van der Waals surface area contributed by atoms with Crippen LogP contribution in [0.15, 0.2) is 128 Å². The number of pyridine rings is 1. The number of nitrogens with zero attached hydrogens (tertiary/aromatic N) is 1. The van der Waals surface area contributed by atoms with E-state index in [0.717, 1.165) is 11.3 Å². The van der Waals surface area contributed by atoms with Crippen molar-refractivity contribution in [3.63, 3.8) is 0 Å². The van der Waals surface area contributed by atoms with E-state index in [9.17, 15) is 0 Å². The zero-order chi connectivity index (χ0) is 28.6. The molecule has 0 fully saturated rings. The van der Waals surface area contributed by atoms with Gasteiger partial charge >= 0.3 is 0 Å². The van der Waals surface area contributed by atoms with Crippen LogP contribution in [-0.4, -0.2) is 4.98 Å². The molecule has 2 aliphatic rings. The fourth-order valence-electron chi connectivity index (χ4n) is 7.45. The molecule has 1 heterocycles. The highest BCUT2D eigenvalue weighted by atomic mass is 14.7. The molecule has 0 bridgehead atoms. The Morgan fingerprint density at radius 1 is 0.381 bits per heavy atom. The summed E-state index contributed by atoms with van der Waals surface area (Å²) >= 11 is 0. The van der Waals surface area contributed by atoms with Crippen LogP contribution in [0, 0.1) is 0 Å². The van der Waals surface area contributed by atoms with Crippen LogP contribution in [0.2, 0.25) is 0 Å². The number of fused-ring (bicyclic) bond motifs is 6. The largest absolute Gasteiger partial charge is 0.256 e. The first-order valence-electron chi connectivity index (χ1n) is 14.9. The van der Waals surface area contributed by atoms with Crippen molar-refractivity contribution in [2.45, 2.75) is 38.5 Å². The molecule has 0 radical (unpaired) electrons. The topological polar surface area (TPSA) is 12.9 Å². The van der Waals surface area contributed by atoms with Gasteiger partial charge in [-0.1, -0.05) is 119 Å². The maximum atomic E-state index is 4.65. The number of aromatic nitrogens is 1. The van der Waals surface area contributed by atoms with E-state index >= 15 is 0 Å². The molecule has 0 aliphatic heterocycles. The number of benzene rings is 5. The molecule has 1 aromatic heterocycles. The van der Waals surface area contributed by atoms with Gasteiger partial charge in [0.15, 0.2) is 0 Å². The lowest BCUT2D eigenvalue weighted by molar-refractivity contribution is 0.659. The summed E-state index contributed by atoms with van der Waals surface area (Å²) in [6.45, 7) is 9.46. The summed E-state index contributed by atoms with van der Waals surface area (Å²) in [5.74, 6) is 0. The molecule has 0 saturated carbocycles. The van der Waals surface area contributed by atoms with Gasteiger partial charge in [-0.3, -0.25) is 4.98 Å². The molecule has 202 valence electrons. The average molecular weight is 540 g/mol. The van der Waals surface area contributed by atoms with E-state index in [0.29, 0.717) is 0 Å². The molecule has 0 atom stereocenters. The van der Waals surface area contributed by atoms with E-state index in [-0.39, 0.29) is 10.8 Å². The van der Waals surface area contributed by atoms with Gasteiger partial charge in [-0.05, 0) is 97.1 Å². The minimum atomic E-state index is -0.108. The Labute approximate surface area is 248 Å². The second kappa shape index (κ2) is 8.87.